The van der Waals surface area contributed by atoms with Gasteiger partial charge in [0, 0.05) is 5.56 Å². The number of thioether (sulfide) groups is 1. The Morgan fingerprint density at radius 1 is 1.26 bits per heavy atom. The number of ether oxygens (including phenoxy) is 2. The number of benzene rings is 2. The average molecular weight is 335 g/mol. The molecule has 0 bridgehead atoms. The van der Waals surface area contributed by atoms with E-state index in [2.05, 4.69) is 5.32 Å². The molecule has 0 atom stereocenters. The van der Waals surface area contributed by atoms with Crippen LogP contribution in [0, 0.1) is 12.7 Å². The third-order valence-electron chi connectivity index (χ3n) is 3.27. The molecule has 0 unspecified atom stereocenters. The van der Waals surface area contributed by atoms with Gasteiger partial charge in [0.25, 0.3) is 5.24 Å². The van der Waals surface area contributed by atoms with Crippen molar-refractivity contribution in [1.82, 2.24) is 0 Å². The maximum atomic E-state index is 13.1. The van der Waals surface area contributed by atoms with Gasteiger partial charge in [-0.15, -0.1) is 0 Å². The van der Waals surface area contributed by atoms with Crippen molar-refractivity contribution in [2.75, 3.05) is 18.7 Å². The van der Waals surface area contributed by atoms with Gasteiger partial charge in [-0.3, -0.25) is 4.79 Å². The molecule has 0 aliphatic heterocycles. The molecule has 1 N–H and O–H groups in total. The van der Waals surface area contributed by atoms with Gasteiger partial charge in [-0.1, -0.05) is 23.9 Å². The Kier molecular flexibility index (Phi) is 5.87. The Morgan fingerprint density at radius 2 is 2.04 bits per heavy atom. The molecule has 0 saturated heterocycles. The quantitative estimate of drug-likeness (QED) is 0.866. The SMILES string of the molecule is COc1cccc(COc2ccc(F)cc2C)c1NC(=O)SC. The highest BCUT2D eigenvalue weighted by atomic mass is 32.2. The van der Waals surface area contributed by atoms with E-state index in [1.165, 1.54) is 12.1 Å². The fourth-order valence-corrected chi connectivity index (χ4v) is 2.30. The van der Waals surface area contributed by atoms with Crippen molar-refractivity contribution in [2.45, 2.75) is 13.5 Å². The second-order valence-corrected chi connectivity index (χ2v) is 5.59. The molecule has 0 fully saturated rings. The zero-order chi connectivity index (χ0) is 16.8. The van der Waals surface area contributed by atoms with Crippen LogP contribution in [0.4, 0.5) is 14.9 Å². The topological polar surface area (TPSA) is 47.6 Å². The number of nitrogens with one attached hydrogen (secondary N) is 1. The second kappa shape index (κ2) is 7.87. The lowest BCUT2D eigenvalue weighted by Crippen LogP contribution is -2.10. The van der Waals surface area contributed by atoms with Crippen molar-refractivity contribution in [3.63, 3.8) is 0 Å². The Labute approximate surface area is 139 Å². The summed E-state index contributed by atoms with van der Waals surface area (Å²) in [4.78, 5) is 11.7. The smallest absolute Gasteiger partial charge is 0.283 e. The van der Waals surface area contributed by atoms with Crippen LogP contribution in [0.3, 0.4) is 0 Å². The van der Waals surface area contributed by atoms with Gasteiger partial charge in [-0.2, -0.15) is 0 Å². The predicted octanol–water partition coefficient (Wildman–Crippen LogP) is 4.62. The number of rotatable bonds is 5. The van der Waals surface area contributed by atoms with E-state index in [1.807, 2.05) is 12.1 Å². The van der Waals surface area contributed by atoms with Crippen molar-refractivity contribution in [3.8, 4) is 11.5 Å². The van der Waals surface area contributed by atoms with E-state index in [4.69, 9.17) is 9.47 Å². The summed E-state index contributed by atoms with van der Waals surface area (Å²) in [6.45, 7) is 2.01. The highest BCUT2D eigenvalue weighted by Gasteiger charge is 2.13. The van der Waals surface area contributed by atoms with Gasteiger partial charge in [-0.05, 0) is 43.0 Å². The Morgan fingerprint density at radius 3 is 2.70 bits per heavy atom. The molecule has 0 radical (unpaired) electrons. The van der Waals surface area contributed by atoms with Crippen LogP contribution in [-0.2, 0) is 6.61 Å². The highest BCUT2D eigenvalue weighted by Crippen LogP contribution is 2.30. The van der Waals surface area contributed by atoms with Gasteiger partial charge in [0.1, 0.15) is 23.9 Å². The zero-order valence-corrected chi connectivity index (χ0v) is 14.0. The summed E-state index contributed by atoms with van der Waals surface area (Å²) in [6.07, 6.45) is 1.70. The lowest BCUT2D eigenvalue weighted by atomic mass is 10.1. The lowest BCUT2D eigenvalue weighted by molar-refractivity contribution is 0.269. The van der Waals surface area contributed by atoms with E-state index >= 15 is 0 Å². The summed E-state index contributed by atoms with van der Waals surface area (Å²) in [7, 11) is 1.54. The molecule has 2 aromatic carbocycles. The van der Waals surface area contributed by atoms with Crippen LogP contribution in [0.1, 0.15) is 11.1 Å². The normalized spacial score (nSPS) is 10.3. The van der Waals surface area contributed by atoms with Crippen molar-refractivity contribution in [3.05, 3.63) is 53.3 Å². The molecule has 2 aromatic rings. The number of carbonyl (C=O) groups excluding carboxylic acids is 1. The molecule has 0 saturated carbocycles. The second-order valence-electron chi connectivity index (χ2n) is 4.81. The van der Waals surface area contributed by atoms with Gasteiger partial charge in [0.05, 0.1) is 12.8 Å². The van der Waals surface area contributed by atoms with Crippen LogP contribution in [0.15, 0.2) is 36.4 Å². The van der Waals surface area contributed by atoms with E-state index in [1.54, 1.807) is 32.4 Å². The summed E-state index contributed by atoms with van der Waals surface area (Å²) in [5.74, 6) is 0.852. The molecule has 0 aliphatic rings. The first-order valence-corrected chi connectivity index (χ1v) is 8.17. The van der Waals surface area contributed by atoms with E-state index in [0.29, 0.717) is 22.7 Å². The van der Waals surface area contributed by atoms with E-state index in [-0.39, 0.29) is 17.7 Å². The van der Waals surface area contributed by atoms with E-state index < -0.39 is 0 Å². The number of amides is 1. The first-order valence-electron chi connectivity index (χ1n) is 6.95. The van der Waals surface area contributed by atoms with Gasteiger partial charge in [0.2, 0.25) is 0 Å². The first-order chi connectivity index (χ1) is 11.0. The van der Waals surface area contributed by atoms with Crippen LogP contribution in [0.5, 0.6) is 11.5 Å². The van der Waals surface area contributed by atoms with Gasteiger partial charge >= 0.3 is 0 Å². The zero-order valence-electron chi connectivity index (χ0n) is 13.2. The third kappa shape index (κ3) is 4.39. The molecule has 1 amide bonds. The average Bonchev–Trinajstić information content (AvgIpc) is 2.54. The molecular weight excluding hydrogens is 317 g/mol. The molecule has 4 nitrogen and oxygen atoms in total. The molecular formula is C17H18FNO3S. The summed E-state index contributed by atoms with van der Waals surface area (Å²) in [6, 6.07) is 9.79. The Bertz CT molecular complexity index is 706. The van der Waals surface area contributed by atoms with Crippen LogP contribution < -0.4 is 14.8 Å². The van der Waals surface area contributed by atoms with E-state index in [0.717, 1.165) is 17.3 Å². The van der Waals surface area contributed by atoms with Crippen molar-refractivity contribution < 1.29 is 18.7 Å². The molecule has 6 heteroatoms. The standard InChI is InChI=1S/C17H18FNO3S/c1-11-9-13(18)7-8-14(11)22-10-12-5-4-6-15(21-2)16(12)19-17(20)23-3/h4-9H,10H2,1-3H3,(H,19,20). The minimum absolute atomic E-state index is 0.186. The number of anilines is 1. The Balaban J connectivity index is 2.23. The fourth-order valence-electron chi connectivity index (χ4n) is 2.09. The maximum Gasteiger partial charge on any atom is 0.283 e. The minimum atomic E-state index is -0.302. The number of aryl methyl sites for hydroxylation is 1. The van der Waals surface area contributed by atoms with Gasteiger partial charge in [-0.25, -0.2) is 4.39 Å². The molecule has 0 spiro atoms. The van der Waals surface area contributed by atoms with Crippen LogP contribution >= 0.6 is 11.8 Å². The maximum absolute atomic E-state index is 13.1. The van der Waals surface area contributed by atoms with Gasteiger partial charge < -0.3 is 14.8 Å². The van der Waals surface area contributed by atoms with Crippen molar-refractivity contribution in [1.29, 1.82) is 0 Å². The van der Waals surface area contributed by atoms with Crippen LogP contribution in [0.25, 0.3) is 0 Å². The number of hydrogen-bond donors (Lipinski definition) is 1. The van der Waals surface area contributed by atoms with Crippen molar-refractivity contribution >= 4 is 22.7 Å². The molecule has 0 aromatic heterocycles. The number of hydrogen-bond acceptors (Lipinski definition) is 4. The monoisotopic (exact) mass is 335 g/mol. The van der Waals surface area contributed by atoms with Gasteiger partial charge in [0.15, 0.2) is 0 Å². The molecule has 122 valence electrons. The first kappa shape index (κ1) is 17.1. The number of halogens is 1. The summed E-state index contributed by atoms with van der Waals surface area (Å²) in [5, 5.41) is 2.61. The Hall–Kier alpha value is -2.21. The van der Waals surface area contributed by atoms with E-state index in [9.17, 15) is 9.18 Å². The largest absolute Gasteiger partial charge is 0.495 e. The summed E-state index contributed by atoms with van der Waals surface area (Å²) in [5.41, 5.74) is 2.06. The molecule has 2 rings (SSSR count). The molecule has 0 heterocycles. The minimum Gasteiger partial charge on any atom is -0.495 e. The van der Waals surface area contributed by atoms with Crippen LogP contribution in [-0.4, -0.2) is 18.6 Å². The number of methoxy groups -OCH3 is 1. The van der Waals surface area contributed by atoms with Crippen LogP contribution in [0.2, 0.25) is 0 Å². The lowest BCUT2D eigenvalue weighted by Gasteiger charge is -2.15. The number of carbonyl (C=O) groups is 1. The predicted molar refractivity (Wildman–Crippen MR) is 91.0 cm³/mol. The number of para-hydroxylation sites is 1. The third-order valence-corrected chi connectivity index (χ3v) is 3.74. The highest BCUT2D eigenvalue weighted by molar-refractivity contribution is 8.13. The van der Waals surface area contributed by atoms with Crippen molar-refractivity contribution in [2.24, 2.45) is 0 Å². The molecule has 23 heavy (non-hydrogen) atoms. The summed E-state index contributed by atoms with van der Waals surface area (Å²) >= 11 is 1.08. The molecule has 0 aliphatic carbocycles. The fraction of sp³-hybridized carbons (Fsp3) is 0.235. The summed E-state index contributed by atoms with van der Waals surface area (Å²) < 4.78 is 24.2.